The van der Waals surface area contributed by atoms with Gasteiger partial charge in [0.15, 0.2) is 0 Å². The average Bonchev–Trinajstić information content (AvgIpc) is 3.11. The zero-order chi connectivity index (χ0) is 19.8. The molecule has 0 saturated carbocycles. The highest BCUT2D eigenvalue weighted by atomic mass is 16.2. The third-order valence-electron chi connectivity index (χ3n) is 5.38. The molecule has 0 spiro atoms. The van der Waals surface area contributed by atoms with Gasteiger partial charge in [-0.05, 0) is 36.6 Å². The number of aromatic amines is 2. The number of benzene rings is 1. The third-order valence-corrected chi connectivity index (χ3v) is 5.38. The van der Waals surface area contributed by atoms with Crippen LogP contribution in [0.2, 0.25) is 0 Å². The highest BCUT2D eigenvalue weighted by Crippen LogP contribution is 2.32. The summed E-state index contributed by atoms with van der Waals surface area (Å²) in [7, 11) is 0. The van der Waals surface area contributed by atoms with Crippen LogP contribution in [-0.2, 0) is 0 Å². The second-order valence-electron chi connectivity index (χ2n) is 7.18. The molecule has 3 heterocycles. The molecular formula is C20H21N5O3. The number of hydrogen-bond donors (Lipinski definition) is 3. The van der Waals surface area contributed by atoms with E-state index < -0.39 is 11.2 Å². The predicted molar refractivity (Wildman–Crippen MR) is 105 cm³/mol. The Morgan fingerprint density at radius 2 is 1.96 bits per heavy atom. The summed E-state index contributed by atoms with van der Waals surface area (Å²) in [6.07, 6.45) is 0. The van der Waals surface area contributed by atoms with Crippen molar-refractivity contribution in [3.63, 3.8) is 0 Å². The van der Waals surface area contributed by atoms with Crippen LogP contribution in [0.25, 0.3) is 11.0 Å². The molecular weight excluding hydrogens is 358 g/mol. The summed E-state index contributed by atoms with van der Waals surface area (Å²) in [5, 5.41) is 0.277. The summed E-state index contributed by atoms with van der Waals surface area (Å²) in [5.74, 6) is 0.0953. The predicted octanol–water partition coefficient (Wildman–Crippen LogP) is 0.734. The zero-order valence-corrected chi connectivity index (χ0v) is 15.4. The van der Waals surface area contributed by atoms with Crippen LogP contribution >= 0.6 is 0 Å². The van der Waals surface area contributed by atoms with Gasteiger partial charge < -0.3 is 10.6 Å². The van der Waals surface area contributed by atoms with Crippen LogP contribution in [0.3, 0.4) is 0 Å². The lowest BCUT2D eigenvalue weighted by atomic mass is 9.89. The number of amides is 1. The van der Waals surface area contributed by atoms with Gasteiger partial charge in [-0.3, -0.25) is 19.6 Å². The number of carbonyl (C=O) groups is 1. The quantitative estimate of drug-likeness (QED) is 0.619. The van der Waals surface area contributed by atoms with E-state index in [1.807, 2.05) is 18.2 Å². The first-order chi connectivity index (χ1) is 13.5. The smallest absolute Gasteiger partial charge is 0.327 e. The molecule has 4 N–H and O–H groups in total. The summed E-state index contributed by atoms with van der Waals surface area (Å²) >= 11 is 0. The molecule has 144 valence electrons. The molecule has 8 nitrogen and oxygen atoms in total. The Balaban J connectivity index is 1.68. The number of nitrogens with two attached hydrogens (primary N) is 1. The molecule has 1 aromatic carbocycles. The molecule has 28 heavy (non-hydrogen) atoms. The minimum absolute atomic E-state index is 0.117. The van der Waals surface area contributed by atoms with Crippen LogP contribution in [0.15, 0.2) is 46.0 Å². The van der Waals surface area contributed by atoms with Gasteiger partial charge in [0, 0.05) is 19.0 Å². The summed E-state index contributed by atoms with van der Waals surface area (Å²) in [5.41, 5.74) is 6.86. The Bertz CT molecular complexity index is 1150. The number of aromatic nitrogens is 3. The normalized spacial score (nSPS) is 19.3. The summed E-state index contributed by atoms with van der Waals surface area (Å²) in [6.45, 7) is 3.29. The van der Waals surface area contributed by atoms with Gasteiger partial charge in [0.2, 0.25) is 0 Å². The van der Waals surface area contributed by atoms with E-state index in [2.05, 4.69) is 27.1 Å². The topological polar surface area (TPSA) is 125 Å². The Morgan fingerprint density at radius 1 is 1.21 bits per heavy atom. The Labute approximate surface area is 160 Å². The van der Waals surface area contributed by atoms with Crippen LogP contribution in [-0.4, -0.2) is 45.4 Å². The van der Waals surface area contributed by atoms with E-state index in [1.165, 1.54) is 0 Å². The van der Waals surface area contributed by atoms with Gasteiger partial charge in [0.25, 0.3) is 11.5 Å². The number of likely N-dealkylation sites (tertiary alicyclic amines) is 1. The van der Waals surface area contributed by atoms with Crippen LogP contribution in [0.5, 0.6) is 0 Å². The standard InChI is InChI=1S/C20H21N5O3/c1-11-7-15(22-17-16(11)18(26)24-20(28)23-17)19(27)25-9-13(8-21)14(10-25)12-5-3-2-4-6-12/h2-7,13-14H,8-10,21H2,1H3,(H2,22,23,24,26,28)/t13-,14+/m1/s1. The first kappa shape index (κ1) is 18.1. The van der Waals surface area contributed by atoms with Gasteiger partial charge in [-0.2, -0.15) is 0 Å². The fourth-order valence-corrected chi connectivity index (χ4v) is 3.98. The number of nitrogens with zero attached hydrogens (tertiary/aromatic N) is 2. The highest BCUT2D eigenvalue weighted by Gasteiger charge is 2.36. The van der Waals surface area contributed by atoms with Crippen LogP contribution in [0, 0.1) is 12.8 Å². The maximum atomic E-state index is 13.1. The Hall–Kier alpha value is -3.26. The number of fused-ring (bicyclic) bond motifs is 1. The van der Waals surface area contributed by atoms with Gasteiger partial charge in [-0.15, -0.1) is 0 Å². The fourth-order valence-electron chi connectivity index (χ4n) is 3.98. The molecule has 1 saturated heterocycles. The number of aryl methyl sites for hydroxylation is 1. The molecule has 2 aromatic heterocycles. The zero-order valence-electron chi connectivity index (χ0n) is 15.4. The molecule has 0 bridgehead atoms. The van der Waals surface area contributed by atoms with Crippen molar-refractivity contribution in [2.45, 2.75) is 12.8 Å². The molecule has 2 atom stereocenters. The SMILES string of the molecule is Cc1cc(C(=O)N2C[C@@H](CN)[C@H](c3ccccc3)C2)nc2[nH]c(=O)[nH]c(=O)c12. The van der Waals surface area contributed by atoms with Gasteiger partial charge in [-0.1, -0.05) is 30.3 Å². The first-order valence-corrected chi connectivity index (χ1v) is 9.16. The van der Waals surface area contributed by atoms with Crippen LogP contribution in [0.1, 0.15) is 27.5 Å². The molecule has 8 heteroatoms. The average molecular weight is 379 g/mol. The van der Waals surface area contributed by atoms with E-state index in [4.69, 9.17) is 5.73 Å². The molecule has 1 aliphatic rings. The summed E-state index contributed by atoms with van der Waals surface area (Å²) in [6, 6.07) is 11.6. The molecule has 0 aliphatic carbocycles. The molecule has 0 radical (unpaired) electrons. The van der Waals surface area contributed by atoms with Crippen molar-refractivity contribution >= 4 is 16.9 Å². The number of rotatable bonds is 3. The summed E-state index contributed by atoms with van der Waals surface area (Å²) in [4.78, 5) is 47.4. The lowest BCUT2D eigenvalue weighted by Gasteiger charge is -2.17. The van der Waals surface area contributed by atoms with E-state index in [1.54, 1.807) is 17.9 Å². The number of pyridine rings is 1. The maximum absolute atomic E-state index is 13.1. The molecule has 1 aliphatic heterocycles. The van der Waals surface area contributed by atoms with Crippen LogP contribution in [0.4, 0.5) is 0 Å². The molecule has 1 fully saturated rings. The number of carbonyl (C=O) groups excluding carboxylic acids is 1. The molecule has 4 rings (SSSR count). The van der Waals surface area contributed by atoms with Crippen molar-refractivity contribution in [2.24, 2.45) is 11.7 Å². The lowest BCUT2D eigenvalue weighted by Crippen LogP contribution is -2.31. The van der Waals surface area contributed by atoms with E-state index in [0.717, 1.165) is 5.56 Å². The minimum Gasteiger partial charge on any atom is -0.336 e. The lowest BCUT2D eigenvalue weighted by molar-refractivity contribution is 0.0781. The van der Waals surface area contributed by atoms with Gasteiger partial charge in [0.05, 0.1) is 5.39 Å². The second-order valence-corrected chi connectivity index (χ2v) is 7.18. The maximum Gasteiger partial charge on any atom is 0.327 e. The Morgan fingerprint density at radius 3 is 2.68 bits per heavy atom. The van der Waals surface area contributed by atoms with Crippen molar-refractivity contribution in [1.82, 2.24) is 19.9 Å². The largest absolute Gasteiger partial charge is 0.336 e. The van der Waals surface area contributed by atoms with Crippen molar-refractivity contribution in [3.8, 4) is 0 Å². The molecule has 3 aromatic rings. The highest BCUT2D eigenvalue weighted by molar-refractivity contribution is 5.95. The van der Waals surface area contributed by atoms with Gasteiger partial charge in [0.1, 0.15) is 11.3 Å². The van der Waals surface area contributed by atoms with Crippen LogP contribution < -0.4 is 17.0 Å². The second kappa shape index (κ2) is 7.05. The number of nitrogens with one attached hydrogen (secondary N) is 2. The van der Waals surface area contributed by atoms with Gasteiger partial charge in [-0.25, -0.2) is 9.78 Å². The number of hydrogen-bond acceptors (Lipinski definition) is 5. The molecule has 0 unspecified atom stereocenters. The van der Waals surface area contributed by atoms with E-state index >= 15 is 0 Å². The van der Waals surface area contributed by atoms with Crippen molar-refractivity contribution in [3.05, 3.63) is 74.1 Å². The molecule has 1 amide bonds. The third kappa shape index (κ3) is 3.11. The van der Waals surface area contributed by atoms with Crippen molar-refractivity contribution in [2.75, 3.05) is 19.6 Å². The van der Waals surface area contributed by atoms with E-state index in [9.17, 15) is 14.4 Å². The monoisotopic (exact) mass is 379 g/mol. The number of H-pyrrole nitrogens is 2. The van der Waals surface area contributed by atoms with E-state index in [0.29, 0.717) is 25.2 Å². The minimum atomic E-state index is -0.650. The first-order valence-electron chi connectivity index (χ1n) is 9.16. The van der Waals surface area contributed by atoms with Crippen molar-refractivity contribution in [1.29, 1.82) is 0 Å². The Kier molecular flexibility index (Phi) is 4.56. The summed E-state index contributed by atoms with van der Waals surface area (Å²) < 4.78 is 0. The van der Waals surface area contributed by atoms with E-state index in [-0.39, 0.29) is 34.5 Å². The fraction of sp³-hybridized carbons (Fsp3) is 0.300. The van der Waals surface area contributed by atoms with Crippen molar-refractivity contribution < 1.29 is 4.79 Å². The van der Waals surface area contributed by atoms with Gasteiger partial charge >= 0.3 is 5.69 Å².